The lowest BCUT2D eigenvalue weighted by atomic mass is 10.00. The lowest BCUT2D eigenvalue weighted by Gasteiger charge is -2.42. The minimum atomic E-state index is -0.862. The van der Waals surface area contributed by atoms with Crippen LogP contribution in [0.1, 0.15) is 183 Å². The summed E-state index contributed by atoms with van der Waals surface area (Å²) in [5, 5.41) is 5.51. The number of carbonyl (C=O) groups is 9. The van der Waals surface area contributed by atoms with Crippen molar-refractivity contribution < 1.29 is 75.7 Å². The van der Waals surface area contributed by atoms with Gasteiger partial charge in [-0.1, -0.05) is 24.8 Å². The summed E-state index contributed by atoms with van der Waals surface area (Å²) in [7, 11) is 3.36. The van der Waals surface area contributed by atoms with Gasteiger partial charge < -0.3 is 62.1 Å². The summed E-state index contributed by atoms with van der Waals surface area (Å²) < 4.78 is 44.2. The number of amides is 5. The van der Waals surface area contributed by atoms with Crippen LogP contribution in [0.15, 0.2) is 99.5 Å². The number of aromatic nitrogens is 6. The molecule has 5 aliphatic rings. The van der Waals surface area contributed by atoms with Gasteiger partial charge in [0.2, 0.25) is 34.9 Å². The summed E-state index contributed by atoms with van der Waals surface area (Å²) in [5.74, 6) is 0.158. The number of nitrogens with zero attached hydrogens (tertiary/aromatic N) is 10. The Morgan fingerprint density at radius 3 is 1.75 bits per heavy atom. The van der Waals surface area contributed by atoms with E-state index in [9.17, 15) is 43.2 Å². The molecule has 0 radical (unpaired) electrons. The van der Waals surface area contributed by atoms with Crippen molar-refractivity contribution in [1.29, 1.82) is 0 Å². The molecule has 4 aromatic heterocycles. The zero-order chi connectivity index (χ0) is 72.6. The van der Waals surface area contributed by atoms with E-state index in [-0.39, 0.29) is 127 Å². The molecule has 0 aliphatic carbocycles. The minimum absolute atomic E-state index is 0.00616. The summed E-state index contributed by atoms with van der Waals surface area (Å²) >= 11 is 0. The van der Waals surface area contributed by atoms with Gasteiger partial charge in [0.1, 0.15) is 29.1 Å². The number of hydrogen-bond acceptors (Lipinski definition) is 21. The lowest BCUT2D eigenvalue weighted by Crippen LogP contribution is -2.57. The Balaban J connectivity index is 0.000000200. The topological polar surface area (TPSA) is 334 Å². The van der Waals surface area contributed by atoms with Gasteiger partial charge >= 0.3 is 6.09 Å². The van der Waals surface area contributed by atoms with Crippen LogP contribution in [-0.4, -0.2) is 162 Å². The summed E-state index contributed by atoms with van der Waals surface area (Å²) in [6.45, 7) is 12.4. The van der Waals surface area contributed by atoms with Gasteiger partial charge in [-0.2, -0.15) is 0 Å². The van der Waals surface area contributed by atoms with Crippen molar-refractivity contribution in [3.63, 3.8) is 0 Å². The molecule has 4 aromatic carbocycles. The second-order valence-electron chi connectivity index (χ2n) is 26.3. The summed E-state index contributed by atoms with van der Waals surface area (Å²) in [6.07, 6.45) is 13.5. The molecule has 28 nitrogen and oxygen atoms in total. The summed E-state index contributed by atoms with van der Waals surface area (Å²) in [6, 6.07) is 16.9. The minimum Gasteiger partial charge on any atom is -0.493 e. The number of nitrogens with one attached hydrogen (secondary N) is 2. The van der Waals surface area contributed by atoms with E-state index in [0.29, 0.717) is 118 Å². The second-order valence-corrected chi connectivity index (χ2v) is 26.3. The molecule has 2 unspecified atom stereocenters. The first kappa shape index (κ1) is 71.8. The molecule has 538 valence electrons. The van der Waals surface area contributed by atoms with Crippen molar-refractivity contribution in [3.8, 4) is 11.5 Å². The third-order valence-electron chi connectivity index (χ3n) is 18.5. The molecular weight excluding hydrogens is 1320 g/mol. The van der Waals surface area contributed by atoms with E-state index in [1.807, 2.05) is 35.9 Å². The van der Waals surface area contributed by atoms with Crippen LogP contribution in [0.2, 0.25) is 0 Å². The standard InChI is InChI=1S/C42H48N6O10.C33H34N6O6/c1-5-17-56-42(53)48-31-23-34(25(2)20-28(31)40(52)47-16-8-6-11-30(47)41(48)58-37-13-7-9-18-55-37)54-19-10-12-36(51)44-35-24-46(4)38(45-35)32(50)22-27-14-15-33-29(21-27)43-39(57-33)26(3)49;1-19-13-23-24(34-17-22-7-4-5-11-39(22)33(23)43)16-28(19)44-12-6-8-30(42)36-29-18-38(3)31(37-29)26(41)15-21-9-10-27-25(14-21)35-32(45-27)20(2)40/h5,14-15,20-21,23-24,30,37,41H,1,6-13,16-19,22H2,2-4H3,(H,44,51);9-10,13-14,16-18,22H,4-8,11-12,15H2,1-3H3,(H,36,42)/t30-,37?,41?;22-/m00/s1. The van der Waals surface area contributed by atoms with Crippen molar-refractivity contribution >= 4 is 104 Å². The van der Waals surface area contributed by atoms with Gasteiger partial charge in [0.15, 0.2) is 47.0 Å². The normalized spacial score (nSPS) is 17.7. The predicted octanol–water partition coefficient (Wildman–Crippen LogP) is 11.3. The number of aliphatic imine (C=N–C) groups is 1. The highest BCUT2D eigenvalue weighted by Gasteiger charge is 2.47. The van der Waals surface area contributed by atoms with Gasteiger partial charge in [-0.25, -0.2) is 29.6 Å². The quantitative estimate of drug-likeness (QED) is 0.0322. The average Bonchev–Trinajstić information content (AvgIpc) is 1.62. The molecule has 0 bridgehead atoms. The molecule has 3 saturated heterocycles. The molecule has 28 heteroatoms. The fourth-order valence-corrected chi connectivity index (χ4v) is 13.3. The average molecular weight is 1410 g/mol. The molecule has 3 fully saturated rings. The van der Waals surface area contributed by atoms with Crippen LogP contribution in [0.4, 0.5) is 27.8 Å². The molecule has 0 saturated carbocycles. The number of aryl methyl sites for hydroxylation is 4. The van der Waals surface area contributed by atoms with Gasteiger partial charge in [-0.05, 0) is 143 Å². The van der Waals surface area contributed by atoms with E-state index in [1.54, 1.807) is 90.2 Å². The molecule has 5 aliphatic heterocycles. The lowest BCUT2D eigenvalue weighted by molar-refractivity contribution is -0.198. The second kappa shape index (κ2) is 31.9. The fraction of sp³-hybridized carbons (Fsp3) is 0.413. The maximum Gasteiger partial charge on any atom is 0.416 e. The molecule has 0 spiro atoms. The molecule has 103 heavy (non-hydrogen) atoms. The Morgan fingerprint density at radius 2 is 1.18 bits per heavy atom. The van der Waals surface area contributed by atoms with Crippen molar-refractivity contribution in [1.82, 2.24) is 38.9 Å². The first-order valence-electron chi connectivity index (χ1n) is 34.8. The van der Waals surface area contributed by atoms with Crippen LogP contribution >= 0.6 is 0 Å². The van der Waals surface area contributed by atoms with Crippen LogP contribution in [0.3, 0.4) is 0 Å². The number of hydrogen-bond donors (Lipinski definition) is 2. The Bertz CT molecular complexity index is 4650. The largest absolute Gasteiger partial charge is 0.493 e. The van der Waals surface area contributed by atoms with Crippen LogP contribution in [0, 0.1) is 13.8 Å². The van der Waals surface area contributed by atoms with Gasteiger partial charge in [-0.15, -0.1) is 0 Å². The molecule has 4 atom stereocenters. The van der Waals surface area contributed by atoms with E-state index >= 15 is 0 Å². The monoisotopic (exact) mass is 1410 g/mol. The molecule has 5 amide bonds. The van der Waals surface area contributed by atoms with E-state index in [1.165, 1.54) is 24.8 Å². The number of benzene rings is 4. The van der Waals surface area contributed by atoms with Gasteiger partial charge in [-0.3, -0.25) is 43.3 Å². The molecule has 9 heterocycles. The van der Waals surface area contributed by atoms with Crippen molar-refractivity contribution in [2.45, 2.75) is 149 Å². The number of oxazole rings is 2. The van der Waals surface area contributed by atoms with E-state index in [4.69, 9.17) is 32.5 Å². The number of carbonyl (C=O) groups excluding carboxylic acids is 9. The van der Waals surface area contributed by atoms with Crippen molar-refractivity contribution in [2.24, 2.45) is 19.1 Å². The van der Waals surface area contributed by atoms with Gasteiger partial charge in [0.05, 0.1) is 47.8 Å². The molecule has 13 rings (SSSR count). The van der Waals surface area contributed by atoms with Gasteiger partial charge in [0, 0.05) is 104 Å². The Labute approximate surface area is 593 Å². The SMILES string of the molecule is C=CCOC(=O)N1c2cc(OCCCC(=O)Nc3cn(C)c(C(=O)Cc4ccc5oc(C(C)=O)nc5c4)n3)c(C)cc2C(=O)N2CCCC[C@H]2C1OC1CCCCO1.CC(=O)c1nc2cc(CC(=O)c3nc(NC(=O)CCCOc4cc5c(cc4C)C(=O)N4CCCC[C@H]4C=N5)cn3C)ccc2o1. The third-order valence-corrected chi connectivity index (χ3v) is 18.5. The molecule has 2 N–H and O–H groups in total. The van der Waals surface area contributed by atoms with Crippen molar-refractivity contribution in [2.75, 3.05) is 55.1 Å². The number of fused-ring (bicyclic) bond motifs is 6. The van der Waals surface area contributed by atoms with Gasteiger partial charge in [0.25, 0.3) is 23.6 Å². The summed E-state index contributed by atoms with van der Waals surface area (Å²) in [4.78, 5) is 143. The number of rotatable bonds is 24. The fourth-order valence-electron chi connectivity index (χ4n) is 13.3. The van der Waals surface area contributed by atoms with Crippen LogP contribution in [0.25, 0.3) is 22.2 Å². The maximum absolute atomic E-state index is 14.2. The van der Waals surface area contributed by atoms with Crippen LogP contribution in [0.5, 0.6) is 11.5 Å². The predicted molar refractivity (Wildman–Crippen MR) is 378 cm³/mol. The Kier molecular flexibility index (Phi) is 22.2. The van der Waals surface area contributed by atoms with Crippen LogP contribution in [-0.2, 0) is 50.7 Å². The number of anilines is 3. The van der Waals surface area contributed by atoms with E-state index in [0.717, 1.165) is 57.1 Å². The highest BCUT2D eigenvalue weighted by molar-refractivity contribution is 6.06. The van der Waals surface area contributed by atoms with E-state index < -0.39 is 24.7 Å². The number of Topliss-reactive ketones (excluding diaryl/α,β-unsaturated/α-hetero) is 4. The number of imidazole rings is 2. The maximum atomic E-state index is 14.2. The zero-order valence-electron chi connectivity index (χ0n) is 58.5. The van der Waals surface area contributed by atoms with Crippen molar-refractivity contribution in [3.05, 3.63) is 143 Å². The van der Waals surface area contributed by atoms with E-state index in [2.05, 4.69) is 42.1 Å². The Hall–Kier alpha value is -11.0. The molecular formula is C75H82N12O16. The number of ether oxygens (including phenoxy) is 5. The number of ketones is 4. The third kappa shape index (κ3) is 16.7. The smallest absolute Gasteiger partial charge is 0.416 e. The summed E-state index contributed by atoms with van der Waals surface area (Å²) in [5.41, 5.74) is 6.64. The first-order chi connectivity index (χ1) is 49.7. The zero-order valence-corrected chi connectivity index (χ0v) is 58.5. The number of piperidine rings is 2. The highest BCUT2D eigenvalue weighted by Crippen LogP contribution is 2.41. The molecule has 8 aromatic rings. The van der Waals surface area contributed by atoms with Crippen LogP contribution < -0.4 is 25.0 Å². The highest BCUT2D eigenvalue weighted by atomic mass is 16.7. The Morgan fingerprint density at radius 1 is 0.641 bits per heavy atom. The first-order valence-corrected chi connectivity index (χ1v) is 34.8.